The Morgan fingerprint density at radius 1 is 0.808 bits per heavy atom. The van der Waals surface area contributed by atoms with Gasteiger partial charge in [0.05, 0.1) is 49.0 Å². The van der Waals surface area contributed by atoms with Crippen molar-refractivity contribution in [2.75, 3.05) is 49.0 Å². The van der Waals surface area contributed by atoms with E-state index in [1.54, 1.807) is 21.3 Å². The van der Waals surface area contributed by atoms with Gasteiger partial charge in [-0.2, -0.15) is 0 Å². The highest BCUT2D eigenvalue weighted by Crippen LogP contribution is 2.32. The molecule has 0 aliphatic heterocycles. The molecule has 0 radical (unpaired) electrons. The van der Waals surface area contributed by atoms with Gasteiger partial charge in [-0.15, -0.1) is 0 Å². The molecule has 0 heterocycles. The first-order valence-electron chi connectivity index (χ1n) is 8.74. The van der Waals surface area contributed by atoms with Gasteiger partial charge in [0, 0.05) is 6.42 Å². The highest BCUT2D eigenvalue weighted by molar-refractivity contribution is 5.73. The second-order valence-corrected chi connectivity index (χ2v) is 7.28. The lowest BCUT2D eigenvalue weighted by Gasteiger charge is -2.24. The highest BCUT2D eigenvalue weighted by Gasteiger charge is 2.13. The molecule has 2 rings (SSSR count). The number of benzene rings is 2. The summed E-state index contributed by atoms with van der Waals surface area (Å²) in [5.41, 5.74) is 3.52. The van der Waals surface area contributed by atoms with Crippen molar-refractivity contribution in [3.63, 3.8) is 0 Å². The molecule has 0 N–H and O–H groups in total. The minimum absolute atomic E-state index is 0.746. The van der Waals surface area contributed by atoms with Gasteiger partial charge >= 0.3 is 0 Å². The molecule has 26 heavy (non-hydrogen) atoms. The molecule has 0 fully saturated rings. The molecule has 0 bridgehead atoms. The molecule has 0 spiro atoms. The van der Waals surface area contributed by atoms with Crippen LogP contribution in [0.4, 0.5) is 0 Å². The van der Waals surface area contributed by atoms with Crippen molar-refractivity contribution in [3.8, 4) is 17.2 Å². The summed E-state index contributed by atoms with van der Waals surface area (Å²) >= 11 is 0. The van der Waals surface area contributed by atoms with Crippen molar-refractivity contribution in [2.45, 2.75) is 6.42 Å². The highest BCUT2D eigenvalue weighted by atomic mass is 16.5. The molecule has 2 aromatic rings. The lowest BCUT2D eigenvalue weighted by molar-refractivity contribution is -0.870. The zero-order valence-electron chi connectivity index (χ0n) is 16.7. The number of quaternary nitrogens is 1. The summed E-state index contributed by atoms with van der Waals surface area (Å²) in [5.74, 6) is 2.37. The maximum absolute atomic E-state index is 5.48. The molecule has 2 aromatic carbocycles. The minimum Gasteiger partial charge on any atom is -0.497 e. The number of hydrogen-bond acceptors (Lipinski definition) is 3. The van der Waals surface area contributed by atoms with E-state index >= 15 is 0 Å². The van der Waals surface area contributed by atoms with Gasteiger partial charge in [-0.1, -0.05) is 24.3 Å². The summed E-state index contributed by atoms with van der Waals surface area (Å²) in [6.45, 7) is 1.04. The summed E-state index contributed by atoms with van der Waals surface area (Å²) in [5, 5.41) is 0. The maximum atomic E-state index is 5.48. The van der Waals surface area contributed by atoms with Crippen LogP contribution >= 0.6 is 0 Å². The van der Waals surface area contributed by atoms with Crippen LogP contribution in [0.1, 0.15) is 16.7 Å². The van der Waals surface area contributed by atoms with Gasteiger partial charge in [0.1, 0.15) is 5.75 Å². The Hall–Kier alpha value is -2.46. The molecule has 4 nitrogen and oxygen atoms in total. The van der Waals surface area contributed by atoms with E-state index in [4.69, 9.17) is 14.2 Å². The van der Waals surface area contributed by atoms with Gasteiger partial charge < -0.3 is 18.7 Å². The number of nitrogens with zero attached hydrogens (tertiary/aromatic N) is 1. The van der Waals surface area contributed by atoms with Gasteiger partial charge in [0.2, 0.25) is 0 Å². The van der Waals surface area contributed by atoms with Gasteiger partial charge in [0.15, 0.2) is 11.5 Å². The number of rotatable bonds is 8. The molecular weight excluding hydrogens is 326 g/mol. The van der Waals surface area contributed by atoms with E-state index in [1.165, 1.54) is 5.56 Å². The third kappa shape index (κ3) is 5.53. The second kappa shape index (κ2) is 8.77. The van der Waals surface area contributed by atoms with Crippen LogP contribution in [0.15, 0.2) is 36.4 Å². The molecule has 0 atom stereocenters. The van der Waals surface area contributed by atoms with Crippen molar-refractivity contribution < 1.29 is 18.7 Å². The van der Waals surface area contributed by atoms with Crippen molar-refractivity contribution >= 4 is 12.2 Å². The van der Waals surface area contributed by atoms with Crippen LogP contribution < -0.4 is 14.2 Å². The van der Waals surface area contributed by atoms with Crippen molar-refractivity contribution in [3.05, 3.63) is 53.1 Å². The van der Waals surface area contributed by atoms with Crippen LogP contribution in [0.25, 0.3) is 12.2 Å². The van der Waals surface area contributed by atoms with Gasteiger partial charge in [-0.3, -0.25) is 0 Å². The Balaban J connectivity index is 2.34. The van der Waals surface area contributed by atoms with Crippen LogP contribution in [-0.2, 0) is 6.42 Å². The third-order valence-electron chi connectivity index (χ3n) is 4.27. The smallest absolute Gasteiger partial charge is 0.161 e. The lowest BCUT2D eigenvalue weighted by Crippen LogP contribution is -2.36. The third-order valence-corrected chi connectivity index (χ3v) is 4.27. The Bertz CT molecular complexity index is 743. The molecule has 0 amide bonds. The fourth-order valence-electron chi connectivity index (χ4n) is 2.67. The normalized spacial score (nSPS) is 11.6. The Kier molecular flexibility index (Phi) is 6.70. The zero-order chi connectivity index (χ0) is 19.2. The van der Waals surface area contributed by atoms with E-state index in [0.717, 1.165) is 45.8 Å². The summed E-state index contributed by atoms with van der Waals surface area (Å²) in [7, 11) is 11.6. The minimum atomic E-state index is 0.746. The standard InChI is InChI=1S/C22H30NO3/c1-23(2,3)14-13-19-16-22(26-6)21(25-5)15-18(19)10-7-17-8-11-20(24-4)12-9-17/h7-12,15-16H,13-14H2,1-6H3/q+1/b10-7+. The molecule has 0 aliphatic carbocycles. The van der Waals surface area contributed by atoms with Gasteiger partial charge in [-0.25, -0.2) is 0 Å². The summed E-state index contributed by atoms with van der Waals surface area (Å²) in [6.07, 6.45) is 5.21. The van der Waals surface area contributed by atoms with Crippen LogP contribution in [0.5, 0.6) is 17.2 Å². The molecule has 4 heteroatoms. The molecule has 0 aliphatic rings. The number of ether oxygens (including phenoxy) is 3. The number of hydrogen-bond donors (Lipinski definition) is 0. The van der Waals surface area contributed by atoms with Gasteiger partial charge in [-0.05, 0) is 41.0 Å². The first-order valence-corrected chi connectivity index (χ1v) is 8.74. The van der Waals surface area contributed by atoms with Crippen molar-refractivity contribution in [1.82, 2.24) is 0 Å². The molecule has 0 aromatic heterocycles. The average Bonchev–Trinajstić information content (AvgIpc) is 2.64. The fraction of sp³-hybridized carbons (Fsp3) is 0.364. The quantitative estimate of drug-likeness (QED) is 0.526. The molecule has 0 saturated carbocycles. The summed E-state index contributed by atoms with van der Waals surface area (Å²) < 4.78 is 17.1. The van der Waals surface area contributed by atoms with E-state index < -0.39 is 0 Å². The van der Waals surface area contributed by atoms with Crippen LogP contribution in [0.3, 0.4) is 0 Å². The number of methoxy groups -OCH3 is 3. The van der Waals surface area contributed by atoms with Gasteiger partial charge in [0.25, 0.3) is 0 Å². The molecule has 0 saturated heterocycles. The lowest BCUT2D eigenvalue weighted by atomic mass is 10.0. The molecule has 0 unspecified atom stereocenters. The summed E-state index contributed by atoms with van der Waals surface area (Å²) in [6, 6.07) is 12.1. The van der Waals surface area contributed by atoms with Crippen molar-refractivity contribution in [2.24, 2.45) is 0 Å². The van der Waals surface area contributed by atoms with E-state index in [-0.39, 0.29) is 0 Å². The maximum Gasteiger partial charge on any atom is 0.161 e. The van der Waals surface area contributed by atoms with Crippen LogP contribution in [-0.4, -0.2) is 53.5 Å². The summed E-state index contributed by atoms with van der Waals surface area (Å²) in [4.78, 5) is 0. The van der Waals surface area contributed by atoms with E-state index in [1.807, 2.05) is 30.3 Å². The van der Waals surface area contributed by atoms with Crippen molar-refractivity contribution in [1.29, 1.82) is 0 Å². The molecule has 140 valence electrons. The largest absolute Gasteiger partial charge is 0.497 e. The van der Waals surface area contributed by atoms with E-state index in [9.17, 15) is 0 Å². The molecular formula is C22H30NO3+. The fourth-order valence-corrected chi connectivity index (χ4v) is 2.67. The first-order chi connectivity index (χ1) is 12.4. The zero-order valence-corrected chi connectivity index (χ0v) is 16.7. The monoisotopic (exact) mass is 356 g/mol. The Morgan fingerprint density at radius 3 is 1.96 bits per heavy atom. The second-order valence-electron chi connectivity index (χ2n) is 7.28. The van der Waals surface area contributed by atoms with Crippen LogP contribution in [0, 0.1) is 0 Å². The SMILES string of the molecule is COc1ccc(/C=C/c2cc(OC)c(OC)cc2CC[N+](C)(C)C)cc1. The predicted molar refractivity (Wildman–Crippen MR) is 108 cm³/mol. The van der Waals surface area contributed by atoms with E-state index in [2.05, 4.69) is 39.4 Å². The first kappa shape index (κ1) is 19.9. The number of likely N-dealkylation sites (N-methyl/N-ethyl adjacent to an activating group) is 1. The Labute approximate surface area is 157 Å². The Morgan fingerprint density at radius 2 is 1.42 bits per heavy atom. The topological polar surface area (TPSA) is 27.7 Å². The van der Waals surface area contributed by atoms with Crippen LogP contribution in [0.2, 0.25) is 0 Å². The van der Waals surface area contributed by atoms with E-state index in [0.29, 0.717) is 0 Å². The average molecular weight is 356 g/mol. The predicted octanol–water partition coefficient (Wildman–Crippen LogP) is 4.13.